The number of halogens is 3. The molecular formula is C24H15ClF2N6O3. The van der Waals surface area contributed by atoms with Crippen molar-refractivity contribution in [3.63, 3.8) is 0 Å². The highest BCUT2D eigenvalue weighted by Gasteiger charge is 2.37. The summed E-state index contributed by atoms with van der Waals surface area (Å²) >= 11 is 6.33. The van der Waals surface area contributed by atoms with Gasteiger partial charge in [-0.2, -0.15) is 10.2 Å². The molecule has 3 aromatic heterocycles. The van der Waals surface area contributed by atoms with Gasteiger partial charge in [0, 0.05) is 12.7 Å². The first-order chi connectivity index (χ1) is 17.3. The molecule has 1 aliphatic rings. The van der Waals surface area contributed by atoms with Crippen molar-refractivity contribution in [2.45, 2.75) is 25.5 Å². The van der Waals surface area contributed by atoms with E-state index in [-0.39, 0.29) is 39.1 Å². The number of aromatic nitrogens is 5. The van der Waals surface area contributed by atoms with Crippen LogP contribution in [0.25, 0.3) is 39.5 Å². The summed E-state index contributed by atoms with van der Waals surface area (Å²) in [5.41, 5.74) is -0.491. The Bertz CT molecular complexity index is 1800. The van der Waals surface area contributed by atoms with E-state index in [1.54, 1.807) is 19.1 Å². The molecule has 0 saturated carbocycles. The molecule has 12 heteroatoms. The largest absolute Gasteiger partial charge is 0.355 e. The second-order valence-corrected chi connectivity index (χ2v) is 8.94. The smallest absolute Gasteiger partial charge is 0.280 e. The van der Waals surface area contributed by atoms with Gasteiger partial charge in [-0.05, 0) is 44.0 Å². The van der Waals surface area contributed by atoms with E-state index in [9.17, 15) is 18.8 Å². The molecule has 1 fully saturated rings. The maximum atomic E-state index is 14.3. The standard InChI is InChI=1S/C24H15ClF2N6O3/c1-24(7-2-8-35-24)33-19-14(10-28)15(25)5-6-17(19)32-11-29-18(20(32)23(33)34)21-30-22(36-31-21)13-4-3-12(26)9-16(13)27/h3-6,9,11H,2,7-8H2,1H3. The maximum Gasteiger partial charge on any atom is 0.280 e. The lowest BCUT2D eigenvalue weighted by Crippen LogP contribution is -2.39. The molecule has 36 heavy (non-hydrogen) atoms. The highest BCUT2D eigenvalue weighted by atomic mass is 35.5. The molecule has 0 spiro atoms. The van der Waals surface area contributed by atoms with Gasteiger partial charge in [-0.1, -0.05) is 16.8 Å². The lowest BCUT2D eigenvalue weighted by atomic mass is 10.1. The minimum Gasteiger partial charge on any atom is -0.355 e. The van der Waals surface area contributed by atoms with Crippen molar-refractivity contribution in [3.8, 4) is 29.0 Å². The zero-order valence-corrected chi connectivity index (χ0v) is 19.4. The minimum atomic E-state index is -1.03. The van der Waals surface area contributed by atoms with Crippen LogP contribution in [0, 0.1) is 23.0 Å². The van der Waals surface area contributed by atoms with E-state index in [0.29, 0.717) is 30.1 Å². The predicted octanol–water partition coefficient (Wildman–Crippen LogP) is 4.65. The van der Waals surface area contributed by atoms with E-state index < -0.39 is 22.9 Å². The zero-order valence-electron chi connectivity index (χ0n) is 18.6. The topological polar surface area (TPSA) is 111 Å². The second-order valence-electron chi connectivity index (χ2n) is 8.53. The van der Waals surface area contributed by atoms with Crippen LogP contribution < -0.4 is 5.56 Å². The molecule has 0 bridgehead atoms. The molecule has 2 aromatic carbocycles. The second kappa shape index (κ2) is 7.94. The van der Waals surface area contributed by atoms with Crippen molar-refractivity contribution in [1.82, 2.24) is 24.1 Å². The molecule has 0 radical (unpaired) electrons. The Morgan fingerprint density at radius 2 is 2.06 bits per heavy atom. The first kappa shape index (κ1) is 22.3. The van der Waals surface area contributed by atoms with Crippen LogP contribution in [-0.4, -0.2) is 30.7 Å². The number of benzene rings is 2. The summed E-state index contributed by atoms with van der Waals surface area (Å²) in [4.78, 5) is 22.6. The zero-order chi connectivity index (χ0) is 25.2. The molecule has 0 aliphatic carbocycles. The SMILES string of the molecule is CC1(n2c(=O)c3c(-c4noc(-c5ccc(F)cc5F)n4)ncn3c3ccc(Cl)c(C#N)c32)CCCO1. The number of hydrogen-bond acceptors (Lipinski definition) is 7. The van der Waals surface area contributed by atoms with E-state index >= 15 is 0 Å². The lowest BCUT2D eigenvalue weighted by Gasteiger charge is -2.28. The van der Waals surface area contributed by atoms with Gasteiger partial charge in [-0.3, -0.25) is 13.8 Å². The molecule has 1 aliphatic heterocycles. The number of fused-ring (bicyclic) bond motifs is 3. The average molecular weight is 509 g/mol. The fraction of sp³-hybridized carbons (Fsp3) is 0.208. The van der Waals surface area contributed by atoms with Crippen LogP contribution >= 0.6 is 11.6 Å². The molecular weight excluding hydrogens is 494 g/mol. The monoisotopic (exact) mass is 508 g/mol. The summed E-state index contributed by atoms with van der Waals surface area (Å²) in [5.74, 6) is -1.89. The third-order valence-corrected chi connectivity index (χ3v) is 6.66. The van der Waals surface area contributed by atoms with E-state index in [1.807, 2.05) is 0 Å². The Balaban J connectivity index is 1.65. The van der Waals surface area contributed by atoms with Gasteiger partial charge >= 0.3 is 0 Å². The van der Waals surface area contributed by atoms with Gasteiger partial charge in [0.05, 0.1) is 27.2 Å². The summed E-state index contributed by atoms with van der Waals surface area (Å²) in [6.07, 6.45) is 2.66. The molecule has 6 rings (SSSR count). The summed E-state index contributed by atoms with van der Waals surface area (Å²) in [5, 5.41) is 13.9. The number of nitriles is 1. The van der Waals surface area contributed by atoms with Gasteiger partial charge in [0.25, 0.3) is 11.4 Å². The third-order valence-electron chi connectivity index (χ3n) is 6.34. The highest BCUT2D eigenvalue weighted by molar-refractivity contribution is 6.32. The van der Waals surface area contributed by atoms with Crippen molar-refractivity contribution in [3.05, 3.63) is 69.2 Å². The molecule has 4 heterocycles. The van der Waals surface area contributed by atoms with Crippen LogP contribution in [0.3, 0.4) is 0 Å². The Hall–Kier alpha value is -4.14. The summed E-state index contributed by atoms with van der Waals surface area (Å²) in [6.45, 7) is 2.22. The van der Waals surface area contributed by atoms with Crippen molar-refractivity contribution < 1.29 is 18.0 Å². The first-order valence-corrected chi connectivity index (χ1v) is 11.3. The molecule has 5 aromatic rings. The van der Waals surface area contributed by atoms with Crippen LogP contribution in [-0.2, 0) is 10.5 Å². The Kier molecular flexibility index (Phi) is 4.93. The van der Waals surface area contributed by atoms with Gasteiger partial charge in [0.15, 0.2) is 0 Å². The fourth-order valence-corrected chi connectivity index (χ4v) is 4.87. The fourth-order valence-electron chi connectivity index (χ4n) is 4.67. The summed E-state index contributed by atoms with van der Waals surface area (Å²) in [7, 11) is 0. The molecule has 9 nitrogen and oxygen atoms in total. The van der Waals surface area contributed by atoms with Crippen molar-refractivity contribution in [2.24, 2.45) is 0 Å². The minimum absolute atomic E-state index is 0.0637. The molecule has 1 atom stereocenters. The number of rotatable bonds is 3. The summed E-state index contributed by atoms with van der Waals surface area (Å²) in [6, 6.07) is 8.30. The van der Waals surface area contributed by atoms with Crippen LogP contribution in [0.1, 0.15) is 25.3 Å². The highest BCUT2D eigenvalue weighted by Crippen LogP contribution is 2.36. The molecule has 1 unspecified atom stereocenters. The Labute approximate surface area is 206 Å². The molecule has 0 amide bonds. The number of ether oxygens (including phenoxy) is 1. The number of hydrogen-bond donors (Lipinski definition) is 0. The third kappa shape index (κ3) is 3.15. The quantitative estimate of drug-likeness (QED) is 0.348. The van der Waals surface area contributed by atoms with Crippen LogP contribution in [0.4, 0.5) is 8.78 Å². The van der Waals surface area contributed by atoms with Gasteiger partial charge in [-0.15, -0.1) is 0 Å². The molecule has 180 valence electrons. The Morgan fingerprint density at radius 3 is 2.78 bits per heavy atom. The lowest BCUT2D eigenvalue weighted by molar-refractivity contribution is -0.0448. The number of imidazole rings is 1. The van der Waals surface area contributed by atoms with Crippen LogP contribution in [0.2, 0.25) is 5.02 Å². The van der Waals surface area contributed by atoms with Crippen molar-refractivity contribution in [1.29, 1.82) is 5.26 Å². The van der Waals surface area contributed by atoms with Gasteiger partial charge in [-0.25, -0.2) is 13.8 Å². The van der Waals surface area contributed by atoms with Gasteiger partial charge < -0.3 is 9.26 Å². The van der Waals surface area contributed by atoms with Crippen LogP contribution in [0.15, 0.2) is 46.0 Å². The van der Waals surface area contributed by atoms with Crippen LogP contribution in [0.5, 0.6) is 0 Å². The van der Waals surface area contributed by atoms with Crippen molar-refractivity contribution in [2.75, 3.05) is 6.61 Å². The average Bonchev–Trinajstić information content (AvgIpc) is 3.59. The summed E-state index contributed by atoms with van der Waals surface area (Å²) < 4.78 is 41.7. The van der Waals surface area contributed by atoms with Gasteiger partial charge in [0.2, 0.25) is 5.82 Å². The van der Waals surface area contributed by atoms with Gasteiger partial charge in [0.1, 0.15) is 41.0 Å². The normalized spacial score (nSPS) is 17.8. The van der Waals surface area contributed by atoms with E-state index in [2.05, 4.69) is 21.2 Å². The van der Waals surface area contributed by atoms with E-state index in [4.69, 9.17) is 20.9 Å². The molecule has 1 saturated heterocycles. The first-order valence-electron chi connectivity index (χ1n) is 10.9. The predicted molar refractivity (Wildman–Crippen MR) is 124 cm³/mol. The Morgan fingerprint density at radius 1 is 1.22 bits per heavy atom. The maximum absolute atomic E-state index is 14.3. The number of nitrogens with zero attached hydrogens (tertiary/aromatic N) is 6. The molecule has 0 N–H and O–H groups in total. The van der Waals surface area contributed by atoms with E-state index in [0.717, 1.165) is 12.5 Å². The van der Waals surface area contributed by atoms with E-state index in [1.165, 1.54) is 21.4 Å². The van der Waals surface area contributed by atoms with Crippen molar-refractivity contribution >= 4 is 28.2 Å².